The number of H-pyrrole nitrogens is 1. The zero-order valence-corrected chi connectivity index (χ0v) is 15.6. The maximum atomic E-state index is 13.2. The van der Waals surface area contributed by atoms with Crippen LogP contribution in [0.15, 0.2) is 24.3 Å². The number of carbonyl (C=O) groups is 2. The van der Waals surface area contributed by atoms with E-state index in [0.29, 0.717) is 5.91 Å². The molecule has 0 radical (unpaired) electrons. The van der Waals surface area contributed by atoms with Gasteiger partial charge in [-0.15, -0.1) is 0 Å². The molecule has 1 unspecified atom stereocenters. The standard InChI is InChI=1S/C21H26N4O2/c26-20(14-7-8-14)24-12-9-15(10-13-24)21(27)25-11-3-6-18(25)19-22-16-4-1-2-5-17(16)23-19/h1-2,4-5,14-15,18H,3,6-13H2,(H,22,23). The number of hydrogen-bond donors (Lipinski definition) is 1. The van der Waals surface area contributed by atoms with Gasteiger partial charge in [-0.3, -0.25) is 9.59 Å². The number of aromatic amines is 1. The molecule has 5 rings (SSSR count). The number of likely N-dealkylation sites (tertiary alicyclic amines) is 2. The van der Waals surface area contributed by atoms with Gasteiger partial charge in [0, 0.05) is 31.5 Å². The third-order valence-electron chi connectivity index (χ3n) is 6.34. The molecule has 142 valence electrons. The number of para-hydroxylation sites is 2. The molecule has 6 nitrogen and oxygen atoms in total. The molecule has 1 aromatic heterocycles. The topological polar surface area (TPSA) is 69.3 Å². The van der Waals surface area contributed by atoms with Crippen LogP contribution in [0.4, 0.5) is 0 Å². The highest BCUT2D eigenvalue weighted by atomic mass is 16.2. The van der Waals surface area contributed by atoms with Crippen LogP contribution in [-0.4, -0.2) is 51.2 Å². The van der Waals surface area contributed by atoms with E-state index in [4.69, 9.17) is 4.98 Å². The number of rotatable bonds is 3. The molecule has 2 saturated heterocycles. The Labute approximate surface area is 158 Å². The number of aromatic nitrogens is 2. The molecule has 1 N–H and O–H groups in total. The molecule has 2 aromatic rings. The van der Waals surface area contributed by atoms with Crippen molar-refractivity contribution in [2.45, 2.75) is 44.6 Å². The second kappa shape index (κ2) is 6.66. The fourth-order valence-electron chi connectivity index (χ4n) is 4.61. The number of imidazole rings is 1. The molecular formula is C21H26N4O2. The third kappa shape index (κ3) is 3.11. The Kier molecular flexibility index (Phi) is 4.14. The van der Waals surface area contributed by atoms with Gasteiger partial charge in [-0.1, -0.05) is 12.1 Å². The number of benzene rings is 1. The quantitative estimate of drug-likeness (QED) is 0.908. The zero-order chi connectivity index (χ0) is 18.4. The highest BCUT2D eigenvalue weighted by molar-refractivity contribution is 5.83. The minimum absolute atomic E-state index is 0.0400. The summed E-state index contributed by atoms with van der Waals surface area (Å²) in [5, 5.41) is 0. The Morgan fingerprint density at radius 1 is 0.926 bits per heavy atom. The average Bonchev–Trinajstić information content (AvgIpc) is 3.28. The minimum atomic E-state index is 0.0400. The van der Waals surface area contributed by atoms with Gasteiger partial charge in [-0.05, 0) is 50.7 Å². The summed E-state index contributed by atoms with van der Waals surface area (Å²) < 4.78 is 0. The number of nitrogens with one attached hydrogen (secondary N) is 1. The first-order valence-electron chi connectivity index (χ1n) is 10.2. The van der Waals surface area contributed by atoms with Crippen molar-refractivity contribution in [3.05, 3.63) is 30.1 Å². The Balaban J connectivity index is 1.27. The van der Waals surface area contributed by atoms with Crippen LogP contribution < -0.4 is 0 Å². The Morgan fingerprint density at radius 3 is 2.41 bits per heavy atom. The lowest BCUT2D eigenvalue weighted by atomic mass is 9.94. The number of nitrogens with zero attached hydrogens (tertiary/aromatic N) is 3. The Hall–Kier alpha value is -2.37. The maximum absolute atomic E-state index is 13.2. The number of piperidine rings is 1. The fraction of sp³-hybridized carbons (Fsp3) is 0.571. The van der Waals surface area contributed by atoms with Gasteiger partial charge in [0.05, 0.1) is 17.1 Å². The lowest BCUT2D eigenvalue weighted by molar-refractivity contribution is -0.142. The molecule has 0 bridgehead atoms. The van der Waals surface area contributed by atoms with Crippen LogP contribution in [0.1, 0.15) is 50.4 Å². The first-order chi connectivity index (χ1) is 13.2. The van der Waals surface area contributed by atoms with E-state index in [2.05, 4.69) is 4.98 Å². The molecule has 0 spiro atoms. The van der Waals surface area contributed by atoms with Crippen molar-refractivity contribution < 1.29 is 9.59 Å². The molecular weight excluding hydrogens is 340 g/mol. The van der Waals surface area contributed by atoms with E-state index in [0.717, 1.165) is 75.0 Å². The molecule has 2 amide bonds. The molecule has 1 aromatic carbocycles. The van der Waals surface area contributed by atoms with E-state index < -0.39 is 0 Å². The lowest BCUT2D eigenvalue weighted by Gasteiger charge is -2.34. The van der Waals surface area contributed by atoms with Gasteiger partial charge in [0.15, 0.2) is 0 Å². The lowest BCUT2D eigenvalue weighted by Crippen LogP contribution is -2.44. The number of hydrogen-bond acceptors (Lipinski definition) is 3. The fourth-order valence-corrected chi connectivity index (χ4v) is 4.61. The first-order valence-corrected chi connectivity index (χ1v) is 10.2. The van der Waals surface area contributed by atoms with E-state index in [-0.39, 0.29) is 23.8 Å². The molecule has 1 aliphatic carbocycles. The van der Waals surface area contributed by atoms with Crippen LogP contribution in [-0.2, 0) is 9.59 Å². The second-order valence-corrected chi connectivity index (χ2v) is 8.20. The first kappa shape index (κ1) is 16.8. The van der Waals surface area contributed by atoms with Crippen LogP contribution in [0.25, 0.3) is 11.0 Å². The van der Waals surface area contributed by atoms with Crippen molar-refractivity contribution in [2.24, 2.45) is 11.8 Å². The molecule has 6 heteroatoms. The van der Waals surface area contributed by atoms with Gasteiger partial charge in [-0.25, -0.2) is 4.98 Å². The highest BCUT2D eigenvalue weighted by Crippen LogP contribution is 2.35. The predicted molar refractivity (Wildman–Crippen MR) is 102 cm³/mol. The van der Waals surface area contributed by atoms with Gasteiger partial charge < -0.3 is 14.8 Å². The van der Waals surface area contributed by atoms with E-state index in [1.54, 1.807) is 0 Å². The van der Waals surface area contributed by atoms with Crippen LogP contribution >= 0.6 is 0 Å². The van der Waals surface area contributed by atoms with Crippen molar-refractivity contribution in [2.75, 3.05) is 19.6 Å². The molecule has 3 fully saturated rings. The summed E-state index contributed by atoms with van der Waals surface area (Å²) in [6.07, 6.45) is 5.66. The van der Waals surface area contributed by atoms with Gasteiger partial charge in [0.2, 0.25) is 11.8 Å². The van der Waals surface area contributed by atoms with Crippen molar-refractivity contribution in [1.82, 2.24) is 19.8 Å². The Bertz CT molecular complexity index is 831. The van der Waals surface area contributed by atoms with Gasteiger partial charge in [-0.2, -0.15) is 0 Å². The van der Waals surface area contributed by atoms with Gasteiger partial charge in [0.25, 0.3) is 0 Å². The van der Waals surface area contributed by atoms with Crippen molar-refractivity contribution in [1.29, 1.82) is 0 Å². The van der Waals surface area contributed by atoms with Crippen LogP contribution in [0.2, 0.25) is 0 Å². The largest absolute Gasteiger partial charge is 0.342 e. The molecule has 3 heterocycles. The van der Waals surface area contributed by atoms with E-state index in [1.807, 2.05) is 34.1 Å². The second-order valence-electron chi connectivity index (χ2n) is 8.20. The van der Waals surface area contributed by atoms with Crippen LogP contribution in [0.5, 0.6) is 0 Å². The maximum Gasteiger partial charge on any atom is 0.226 e. The highest BCUT2D eigenvalue weighted by Gasteiger charge is 2.39. The van der Waals surface area contributed by atoms with Crippen molar-refractivity contribution in [3.8, 4) is 0 Å². The SMILES string of the molecule is O=C(C1CC1)N1CCC(C(=O)N2CCCC2c2nc3ccccc3[nH]2)CC1. The monoisotopic (exact) mass is 366 g/mol. The predicted octanol–water partition coefficient (Wildman–Crippen LogP) is 2.88. The molecule has 1 atom stereocenters. The minimum Gasteiger partial charge on any atom is -0.342 e. The molecule has 1 saturated carbocycles. The van der Waals surface area contributed by atoms with Gasteiger partial charge in [0.1, 0.15) is 5.82 Å². The van der Waals surface area contributed by atoms with E-state index in [1.165, 1.54) is 0 Å². The van der Waals surface area contributed by atoms with Crippen molar-refractivity contribution >= 4 is 22.8 Å². The number of carbonyl (C=O) groups excluding carboxylic acids is 2. The summed E-state index contributed by atoms with van der Waals surface area (Å²) >= 11 is 0. The summed E-state index contributed by atoms with van der Waals surface area (Å²) in [5.41, 5.74) is 1.98. The number of amides is 2. The normalized spacial score (nSPS) is 23.9. The molecule has 2 aliphatic heterocycles. The molecule has 3 aliphatic rings. The average molecular weight is 366 g/mol. The summed E-state index contributed by atoms with van der Waals surface area (Å²) in [4.78, 5) is 37.6. The third-order valence-corrected chi connectivity index (χ3v) is 6.34. The van der Waals surface area contributed by atoms with Crippen molar-refractivity contribution in [3.63, 3.8) is 0 Å². The van der Waals surface area contributed by atoms with Gasteiger partial charge >= 0.3 is 0 Å². The smallest absolute Gasteiger partial charge is 0.226 e. The summed E-state index contributed by atoms with van der Waals surface area (Å²) in [6.45, 7) is 2.27. The summed E-state index contributed by atoms with van der Waals surface area (Å²) in [5.74, 6) is 1.77. The summed E-state index contributed by atoms with van der Waals surface area (Å²) in [6, 6.07) is 8.07. The summed E-state index contributed by atoms with van der Waals surface area (Å²) in [7, 11) is 0. The number of fused-ring (bicyclic) bond motifs is 1. The van der Waals surface area contributed by atoms with Crippen LogP contribution in [0, 0.1) is 11.8 Å². The zero-order valence-electron chi connectivity index (χ0n) is 15.6. The van der Waals surface area contributed by atoms with E-state index >= 15 is 0 Å². The van der Waals surface area contributed by atoms with E-state index in [9.17, 15) is 9.59 Å². The molecule has 27 heavy (non-hydrogen) atoms. The Morgan fingerprint density at radius 2 is 1.67 bits per heavy atom. The van der Waals surface area contributed by atoms with Crippen LogP contribution in [0.3, 0.4) is 0 Å².